The van der Waals surface area contributed by atoms with Gasteiger partial charge in [0, 0.05) is 17.0 Å². The van der Waals surface area contributed by atoms with Crippen LogP contribution >= 0.6 is 11.3 Å². The Balaban J connectivity index is 1.84. The van der Waals surface area contributed by atoms with Gasteiger partial charge in [-0.25, -0.2) is 14.2 Å². The molecule has 0 saturated heterocycles. The third-order valence-corrected chi connectivity index (χ3v) is 5.43. The molecular weight excluding hydrogens is 355 g/mol. The molecule has 0 unspecified atom stereocenters. The first-order valence-corrected chi connectivity index (χ1v) is 9.55. The topological polar surface area (TPSA) is 59.5 Å². The van der Waals surface area contributed by atoms with E-state index in [2.05, 4.69) is 9.72 Å². The Morgan fingerprint density at radius 3 is 2.77 bits per heavy atom. The second-order valence-corrected chi connectivity index (χ2v) is 7.30. The van der Waals surface area contributed by atoms with Gasteiger partial charge in [0.2, 0.25) is 0 Å². The largest absolute Gasteiger partial charge is 0.464 e. The van der Waals surface area contributed by atoms with Crippen LogP contribution in [0.4, 0.5) is 4.39 Å². The first-order chi connectivity index (χ1) is 12.6. The van der Waals surface area contributed by atoms with Crippen molar-refractivity contribution in [1.82, 2.24) is 9.88 Å². The minimum Gasteiger partial charge on any atom is -0.464 e. The van der Waals surface area contributed by atoms with Crippen LogP contribution in [-0.4, -0.2) is 34.9 Å². The van der Waals surface area contributed by atoms with Crippen LogP contribution in [0.5, 0.6) is 0 Å². The summed E-state index contributed by atoms with van der Waals surface area (Å²) < 4.78 is 18.2. The number of hydrogen-bond acceptors (Lipinski definition) is 5. The molecule has 0 aliphatic heterocycles. The molecule has 1 fully saturated rings. The normalized spacial score (nSPS) is 14.8. The number of ether oxygens (including phenoxy) is 1. The Kier molecular flexibility index (Phi) is 5.98. The predicted octanol–water partition coefficient (Wildman–Crippen LogP) is 4.04. The monoisotopic (exact) mass is 376 g/mol. The van der Waals surface area contributed by atoms with E-state index >= 15 is 0 Å². The summed E-state index contributed by atoms with van der Waals surface area (Å²) in [4.78, 5) is 30.7. The van der Waals surface area contributed by atoms with Crippen molar-refractivity contribution in [3.8, 4) is 0 Å². The van der Waals surface area contributed by atoms with E-state index in [1.54, 1.807) is 22.4 Å². The summed E-state index contributed by atoms with van der Waals surface area (Å²) in [5, 5.41) is 2.30. The first kappa shape index (κ1) is 18.5. The van der Waals surface area contributed by atoms with E-state index < -0.39 is 11.8 Å². The molecule has 1 saturated carbocycles. The van der Waals surface area contributed by atoms with E-state index in [0.29, 0.717) is 17.1 Å². The van der Waals surface area contributed by atoms with Crippen LogP contribution in [0.3, 0.4) is 0 Å². The molecule has 0 atom stereocenters. The number of nitrogens with zero attached hydrogens (tertiary/aromatic N) is 2. The Labute approximate surface area is 155 Å². The average Bonchev–Trinajstić information content (AvgIpc) is 3.14. The summed E-state index contributed by atoms with van der Waals surface area (Å²) in [7, 11) is 1.31. The molecule has 3 rings (SSSR count). The summed E-state index contributed by atoms with van der Waals surface area (Å²) >= 11 is 1.32. The third-order valence-electron chi connectivity index (χ3n) is 4.60. The Morgan fingerprint density at radius 2 is 2.08 bits per heavy atom. The molecule has 1 aromatic carbocycles. The van der Waals surface area contributed by atoms with Crippen molar-refractivity contribution in [3.63, 3.8) is 0 Å². The summed E-state index contributed by atoms with van der Waals surface area (Å²) in [5.41, 5.74) is 0.578. The lowest BCUT2D eigenvalue weighted by atomic mass is 9.93. The Hall–Kier alpha value is -2.28. The second kappa shape index (κ2) is 8.40. The summed E-state index contributed by atoms with van der Waals surface area (Å²) in [5.74, 6) is -1.12. The van der Waals surface area contributed by atoms with Gasteiger partial charge >= 0.3 is 5.97 Å². The fourth-order valence-electron chi connectivity index (χ4n) is 3.27. The number of thiazole rings is 1. The highest BCUT2D eigenvalue weighted by Crippen LogP contribution is 2.26. The molecule has 0 radical (unpaired) electrons. The minimum absolute atomic E-state index is 0.102. The lowest BCUT2D eigenvalue weighted by Gasteiger charge is -2.34. The molecule has 1 aliphatic carbocycles. The van der Waals surface area contributed by atoms with Crippen LogP contribution in [0.1, 0.15) is 58.0 Å². The van der Waals surface area contributed by atoms with Crippen molar-refractivity contribution in [2.45, 2.75) is 44.7 Å². The molecule has 1 aromatic heterocycles. The van der Waals surface area contributed by atoms with Gasteiger partial charge in [0.05, 0.1) is 13.7 Å². The first-order valence-electron chi connectivity index (χ1n) is 8.67. The zero-order valence-electron chi connectivity index (χ0n) is 14.6. The van der Waals surface area contributed by atoms with Gasteiger partial charge in [0.15, 0.2) is 5.69 Å². The lowest BCUT2D eigenvalue weighted by Crippen LogP contribution is -2.41. The van der Waals surface area contributed by atoms with Crippen molar-refractivity contribution in [2.24, 2.45) is 0 Å². The van der Waals surface area contributed by atoms with Crippen molar-refractivity contribution in [3.05, 3.63) is 51.7 Å². The van der Waals surface area contributed by atoms with Crippen molar-refractivity contribution < 1.29 is 18.7 Å². The molecule has 1 amide bonds. The van der Waals surface area contributed by atoms with Crippen LogP contribution in [0.25, 0.3) is 0 Å². The highest BCUT2D eigenvalue weighted by Gasteiger charge is 2.28. The fourth-order valence-corrected chi connectivity index (χ4v) is 4.04. The van der Waals surface area contributed by atoms with E-state index in [-0.39, 0.29) is 17.6 Å². The van der Waals surface area contributed by atoms with Gasteiger partial charge in [0.25, 0.3) is 5.91 Å². The van der Waals surface area contributed by atoms with E-state index in [0.717, 1.165) is 25.7 Å². The number of amides is 1. The van der Waals surface area contributed by atoms with Crippen molar-refractivity contribution >= 4 is 23.2 Å². The maximum absolute atomic E-state index is 13.6. The number of carbonyl (C=O) groups excluding carboxylic acids is 2. The number of esters is 1. The van der Waals surface area contributed by atoms with Crippen LogP contribution in [0.15, 0.2) is 29.6 Å². The quantitative estimate of drug-likeness (QED) is 0.739. The number of hydrogen-bond donors (Lipinski definition) is 0. The number of rotatable bonds is 5. The Morgan fingerprint density at radius 1 is 1.31 bits per heavy atom. The van der Waals surface area contributed by atoms with E-state index in [9.17, 15) is 14.0 Å². The second-order valence-electron chi connectivity index (χ2n) is 6.35. The van der Waals surface area contributed by atoms with Crippen molar-refractivity contribution in [1.29, 1.82) is 0 Å². The predicted molar refractivity (Wildman–Crippen MR) is 96.6 cm³/mol. The van der Waals surface area contributed by atoms with Crippen LogP contribution in [0.2, 0.25) is 0 Å². The molecule has 26 heavy (non-hydrogen) atoms. The number of methoxy groups -OCH3 is 1. The SMILES string of the molecule is COC(=O)c1csc(CN(C(=O)c2cccc(F)c2)C2CCCCC2)n1. The minimum atomic E-state index is -0.492. The molecule has 1 aliphatic rings. The van der Waals surface area contributed by atoms with Gasteiger partial charge in [-0.3, -0.25) is 4.79 Å². The highest BCUT2D eigenvalue weighted by molar-refractivity contribution is 7.09. The summed E-state index contributed by atoms with van der Waals surface area (Å²) in [6.07, 6.45) is 5.17. The van der Waals surface area contributed by atoms with Crippen LogP contribution in [0, 0.1) is 5.82 Å². The number of carbonyl (C=O) groups is 2. The average molecular weight is 376 g/mol. The number of aromatic nitrogens is 1. The Bertz CT molecular complexity index is 787. The molecule has 0 spiro atoms. The van der Waals surface area contributed by atoms with Gasteiger partial charge in [-0.15, -0.1) is 11.3 Å². The molecule has 2 aromatic rings. The van der Waals surface area contributed by atoms with E-state index in [1.807, 2.05) is 0 Å². The zero-order valence-corrected chi connectivity index (χ0v) is 15.4. The maximum atomic E-state index is 13.6. The van der Waals surface area contributed by atoms with Gasteiger partial charge in [-0.05, 0) is 31.0 Å². The zero-order chi connectivity index (χ0) is 18.5. The fraction of sp³-hybridized carbons (Fsp3) is 0.421. The highest BCUT2D eigenvalue weighted by atomic mass is 32.1. The number of benzene rings is 1. The van der Waals surface area contributed by atoms with Crippen LogP contribution < -0.4 is 0 Å². The van der Waals surface area contributed by atoms with Gasteiger partial charge in [-0.2, -0.15) is 0 Å². The number of halogens is 1. The smallest absolute Gasteiger partial charge is 0.357 e. The van der Waals surface area contributed by atoms with Gasteiger partial charge in [-0.1, -0.05) is 25.3 Å². The molecular formula is C19H21FN2O3S. The summed E-state index contributed by atoms with van der Waals surface area (Å²) in [6.45, 7) is 0.307. The molecule has 5 nitrogen and oxygen atoms in total. The lowest BCUT2D eigenvalue weighted by molar-refractivity contribution is 0.0594. The summed E-state index contributed by atoms with van der Waals surface area (Å²) in [6, 6.07) is 5.86. The molecule has 0 N–H and O–H groups in total. The van der Waals surface area contributed by atoms with E-state index in [1.165, 1.54) is 37.0 Å². The third kappa shape index (κ3) is 4.27. The maximum Gasteiger partial charge on any atom is 0.357 e. The standard InChI is InChI=1S/C19H21FN2O3S/c1-25-19(24)16-12-26-17(21-16)11-22(15-8-3-2-4-9-15)18(23)13-6-5-7-14(20)10-13/h5-7,10,12,15H,2-4,8-9,11H2,1H3. The van der Waals surface area contributed by atoms with Gasteiger partial charge < -0.3 is 9.64 Å². The molecule has 0 bridgehead atoms. The van der Waals surface area contributed by atoms with Gasteiger partial charge in [0.1, 0.15) is 10.8 Å². The van der Waals surface area contributed by atoms with E-state index in [4.69, 9.17) is 0 Å². The molecule has 7 heteroatoms. The molecule has 138 valence electrons. The van der Waals surface area contributed by atoms with Crippen LogP contribution in [-0.2, 0) is 11.3 Å². The molecule has 1 heterocycles. The van der Waals surface area contributed by atoms with Crippen molar-refractivity contribution in [2.75, 3.05) is 7.11 Å².